The van der Waals surface area contributed by atoms with E-state index in [0.717, 1.165) is 152 Å². The van der Waals surface area contributed by atoms with Crippen LogP contribution in [0.15, 0.2) is 0 Å². The maximum atomic E-state index is 14.2. The Kier molecular flexibility index (Phi) is 22.3. The van der Waals surface area contributed by atoms with Crippen molar-refractivity contribution >= 4 is 35.7 Å². The van der Waals surface area contributed by atoms with E-state index in [1.54, 1.807) is 0 Å². The number of hydrogen-bond acceptors (Lipinski definition) is 6. The molecule has 0 spiro atoms. The van der Waals surface area contributed by atoms with Gasteiger partial charge in [-0.2, -0.15) is 0 Å². The molecule has 0 radical (unpaired) electrons. The van der Waals surface area contributed by atoms with Crippen molar-refractivity contribution in [2.75, 3.05) is 49.3 Å². The zero-order valence-electron chi connectivity index (χ0n) is 31.5. The van der Waals surface area contributed by atoms with E-state index in [-0.39, 0.29) is 0 Å². The molecule has 0 aliphatic rings. The zero-order chi connectivity index (χ0) is 35.2. The van der Waals surface area contributed by atoms with Crippen LogP contribution in [0.5, 0.6) is 0 Å². The Bertz CT molecular complexity index is 882. The molecule has 0 amide bonds. The molecule has 0 aromatic rings. The average Bonchev–Trinajstić information content (AvgIpc) is 3.03. The van der Waals surface area contributed by atoms with E-state index >= 15 is 0 Å². The van der Waals surface area contributed by atoms with E-state index in [1.165, 1.54) is 0 Å². The number of rotatable bonds is 30. The summed E-state index contributed by atoms with van der Waals surface area (Å²) in [5.41, 5.74) is 0. The van der Waals surface area contributed by atoms with Crippen LogP contribution in [0.2, 0.25) is 0 Å². The standard InChI is InChI=1S/C36H76O7P2S/c1-9-17-25-44(26-18-10-2,27-19-11-3,28-20-12-4)42-35(37)33-34(46(39,40)41)36(38)43-45(29-21-13-5,30-22-14-6,31-23-15-7)32-24-16-8/h34H,9-33H2,1-8H3,(H,39,40,41). The summed E-state index contributed by atoms with van der Waals surface area (Å²) in [7, 11) is -4.92. The van der Waals surface area contributed by atoms with Crippen LogP contribution in [0.4, 0.5) is 0 Å². The minimum atomic E-state index is -4.92. The number of unbranched alkanes of at least 4 members (excludes halogenated alkanes) is 8. The molecule has 0 heterocycles. The van der Waals surface area contributed by atoms with Crippen molar-refractivity contribution in [2.45, 2.75) is 170 Å². The van der Waals surface area contributed by atoms with E-state index in [0.29, 0.717) is 0 Å². The van der Waals surface area contributed by atoms with Crippen molar-refractivity contribution in [1.29, 1.82) is 0 Å². The molecule has 0 aromatic carbocycles. The van der Waals surface area contributed by atoms with Crippen molar-refractivity contribution in [3.63, 3.8) is 0 Å². The molecule has 0 bridgehead atoms. The van der Waals surface area contributed by atoms with Gasteiger partial charge in [-0.05, 0) is 0 Å². The molecule has 0 saturated carbocycles. The summed E-state index contributed by atoms with van der Waals surface area (Å²) < 4.78 is 49.9. The molecular weight excluding hydrogens is 638 g/mol. The molecule has 46 heavy (non-hydrogen) atoms. The predicted molar refractivity (Wildman–Crippen MR) is 204 cm³/mol. The Hall–Kier alpha value is -0.290. The maximum absolute atomic E-state index is 14.2. The van der Waals surface area contributed by atoms with Crippen molar-refractivity contribution in [2.24, 2.45) is 0 Å². The molecule has 0 aliphatic carbocycles. The van der Waals surface area contributed by atoms with Gasteiger partial charge < -0.3 is 0 Å². The van der Waals surface area contributed by atoms with Crippen LogP contribution in [0.3, 0.4) is 0 Å². The Morgan fingerprint density at radius 3 is 0.957 bits per heavy atom. The van der Waals surface area contributed by atoms with Gasteiger partial charge in [-0.3, -0.25) is 0 Å². The quantitative estimate of drug-likeness (QED) is 0.0583. The van der Waals surface area contributed by atoms with Crippen LogP contribution >= 0.6 is 13.7 Å². The molecular formula is C36H76O7P2S. The molecule has 1 atom stereocenters. The zero-order valence-corrected chi connectivity index (χ0v) is 34.1. The van der Waals surface area contributed by atoms with E-state index in [2.05, 4.69) is 55.4 Å². The van der Waals surface area contributed by atoms with Gasteiger partial charge >= 0.3 is 286 Å². The Labute approximate surface area is 285 Å². The fourth-order valence-corrected chi connectivity index (χ4v) is 21.6. The molecule has 7 nitrogen and oxygen atoms in total. The Morgan fingerprint density at radius 2 is 0.739 bits per heavy atom. The minimum absolute atomic E-state index is 0.666. The molecule has 0 saturated heterocycles. The molecule has 0 fully saturated rings. The van der Waals surface area contributed by atoms with Crippen LogP contribution in [0, 0.1) is 0 Å². The van der Waals surface area contributed by atoms with Gasteiger partial charge in [0, 0.05) is 0 Å². The number of carbonyl (C=O) groups is 2. The van der Waals surface area contributed by atoms with Crippen molar-refractivity contribution < 1.29 is 31.6 Å². The summed E-state index contributed by atoms with van der Waals surface area (Å²) in [6.45, 7) is 10.9. The molecule has 1 N–H and O–H groups in total. The van der Waals surface area contributed by atoms with Crippen molar-refractivity contribution in [1.82, 2.24) is 0 Å². The summed E-state index contributed by atoms with van der Waals surface area (Å²) in [4.78, 5) is 28.3. The molecule has 278 valence electrons. The van der Waals surface area contributed by atoms with Crippen LogP contribution in [0.1, 0.15) is 165 Å². The van der Waals surface area contributed by atoms with Gasteiger partial charge in [0.1, 0.15) is 0 Å². The normalized spacial score (nSPS) is 15.0. The summed E-state index contributed by atoms with van der Waals surface area (Å²) in [6.07, 6.45) is 20.9. The van der Waals surface area contributed by atoms with E-state index in [4.69, 9.17) is 9.05 Å². The third kappa shape index (κ3) is 14.7. The average molecular weight is 715 g/mol. The second kappa shape index (κ2) is 22.4. The van der Waals surface area contributed by atoms with Gasteiger partial charge in [-0.25, -0.2) is 0 Å². The topological polar surface area (TPSA) is 107 Å². The van der Waals surface area contributed by atoms with Crippen molar-refractivity contribution in [3.05, 3.63) is 0 Å². The Morgan fingerprint density at radius 1 is 0.500 bits per heavy atom. The van der Waals surface area contributed by atoms with Gasteiger partial charge in [-0.1, -0.05) is 0 Å². The first-order valence-electron chi connectivity index (χ1n) is 19.2. The second-order valence-corrected chi connectivity index (χ2v) is 27.4. The fourth-order valence-electron chi connectivity index (χ4n) is 7.27. The van der Waals surface area contributed by atoms with Crippen LogP contribution < -0.4 is 0 Å². The number of hydrogen-bond donors (Lipinski definition) is 1. The molecule has 0 aromatic heterocycles. The third-order valence-electron chi connectivity index (χ3n) is 10.3. The number of carbonyl (C=O) groups excluding carboxylic acids is 2. The van der Waals surface area contributed by atoms with Gasteiger partial charge in [0.05, 0.1) is 0 Å². The summed E-state index contributed by atoms with van der Waals surface area (Å²) >= 11 is 0. The van der Waals surface area contributed by atoms with Crippen LogP contribution in [-0.2, 0) is 28.8 Å². The first-order valence-corrected chi connectivity index (χ1v) is 26.5. The van der Waals surface area contributed by atoms with Gasteiger partial charge in [0.2, 0.25) is 0 Å². The fraction of sp³-hybridized carbons (Fsp3) is 0.944. The first-order chi connectivity index (χ1) is 21.7. The summed E-state index contributed by atoms with van der Waals surface area (Å²) in [5, 5.41) is -1.97. The second-order valence-electron chi connectivity index (χ2n) is 14.4. The van der Waals surface area contributed by atoms with E-state index in [1.807, 2.05) is 0 Å². The molecule has 1 unspecified atom stereocenters. The predicted octanol–water partition coefficient (Wildman–Crippen LogP) is 11.1. The van der Waals surface area contributed by atoms with Gasteiger partial charge in [-0.15, -0.1) is 0 Å². The monoisotopic (exact) mass is 714 g/mol. The van der Waals surface area contributed by atoms with Gasteiger partial charge in [0.15, 0.2) is 0 Å². The molecule has 0 aliphatic heterocycles. The van der Waals surface area contributed by atoms with Crippen LogP contribution in [0.25, 0.3) is 0 Å². The third-order valence-corrected chi connectivity index (χ3v) is 24.4. The molecule has 10 heteroatoms. The Balaban J connectivity index is 6.94. The first kappa shape index (κ1) is 45.7. The SMILES string of the molecule is CCCCP(CCCC)(CCCC)(CCCC)OC(=O)CC(C(=O)OP(CCCC)(CCCC)(CCCC)CCCC)S(=O)(=O)O. The van der Waals surface area contributed by atoms with Crippen LogP contribution in [-0.4, -0.2) is 79.5 Å². The van der Waals surface area contributed by atoms with E-state index < -0.39 is 47.4 Å². The summed E-state index contributed by atoms with van der Waals surface area (Å²) in [5.74, 6) is -1.61. The van der Waals surface area contributed by atoms with Gasteiger partial charge in [0.25, 0.3) is 0 Å². The van der Waals surface area contributed by atoms with Crippen molar-refractivity contribution in [3.8, 4) is 0 Å². The molecule has 0 rings (SSSR count). The summed E-state index contributed by atoms with van der Waals surface area (Å²) in [6, 6.07) is 0. The van der Waals surface area contributed by atoms with E-state index in [9.17, 15) is 22.6 Å².